The number of Topliss-reactive ketones (excluding diaryl/α,β-unsaturated/α-hetero) is 1. The number of carbonyl (C=O) groups is 3. The number of nitrogens with zero attached hydrogens (tertiary/aromatic N) is 3. The normalized spacial score (nSPS) is 20.1. The predicted molar refractivity (Wildman–Crippen MR) is 153 cm³/mol. The number of likely N-dealkylation sites (tertiary alicyclic amines) is 1. The Kier molecular flexibility index (Phi) is 8.16. The number of ketones is 1. The van der Waals surface area contributed by atoms with Crippen molar-refractivity contribution < 1.29 is 22.8 Å². The van der Waals surface area contributed by atoms with Gasteiger partial charge >= 0.3 is 0 Å². The summed E-state index contributed by atoms with van der Waals surface area (Å²) in [6, 6.07) is 13.9. The van der Waals surface area contributed by atoms with Crippen molar-refractivity contribution in [1.82, 2.24) is 19.5 Å². The van der Waals surface area contributed by atoms with Crippen LogP contribution in [0.4, 0.5) is 0 Å². The van der Waals surface area contributed by atoms with Crippen LogP contribution in [0.15, 0.2) is 66.2 Å². The third kappa shape index (κ3) is 5.86. The maximum absolute atomic E-state index is 13.8. The highest BCUT2D eigenvalue weighted by molar-refractivity contribution is 7.88. The second-order valence-corrected chi connectivity index (χ2v) is 13.5. The molecule has 2 fully saturated rings. The maximum atomic E-state index is 13.8. The lowest BCUT2D eigenvalue weighted by atomic mass is 10.0. The molecule has 0 saturated carbocycles. The molecule has 0 bridgehead atoms. The SMILES string of the molecule is CC(C)CC(NC(=O)c1ccc(-c2cccs2)cc1)C(=O)N1CCC2C1C(=O)CN2S(=O)(=O)Cc1ccccn1. The number of nitrogens with one attached hydrogen (secondary N) is 1. The smallest absolute Gasteiger partial charge is 0.251 e. The van der Waals surface area contributed by atoms with Crippen LogP contribution in [0, 0.1) is 5.92 Å². The Hall–Kier alpha value is -3.41. The van der Waals surface area contributed by atoms with E-state index in [4.69, 9.17) is 0 Å². The Labute approximate surface area is 238 Å². The van der Waals surface area contributed by atoms with Crippen LogP contribution < -0.4 is 5.32 Å². The van der Waals surface area contributed by atoms with Crippen molar-refractivity contribution in [2.75, 3.05) is 13.1 Å². The van der Waals surface area contributed by atoms with Gasteiger partial charge in [0.25, 0.3) is 5.91 Å². The van der Waals surface area contributed by atoms with Gasteiger partial charge in [-0.3, -0.25) is 19.4 Å². The van der Waals surface area contributed by atoms with Gasteiger partial charge in [0.15, 0.2) is 5.78 Å². The van der Waals surface area contributed by atoms with Crippen molar-refractivity contribution in [2.24, 2.45) is 5.92 Å². The molecule has 2 aromatic heterocycles. The fraction of sp³-hybridized carbons (Fsp3) is 0.379. The van der Waals surface area contributed by atoms with Gasteiger partial charge < -0.3 is 10.2 Å². The van der Waals surface area contributed by atoms with Crippen LogP contribution in [0.5, 0.6) is 0 Å². The number of sulfonamides is 1. The highest BCUT2D eigenvalue weighted by Crippen LogP contribution is 2.33. The van der Waals surface area contributed by atoms with E-state index < -0.39 is 28.1 Å². The number of amides is 2. The maximum Gasteiger partial charge on any atom is 0.251 e. The van der Waals surface area contributed by atoms with E-state index in [0.717, 1.165) is 10.4 Å². The highest BCUT2D eigenvalue weighted by Gasteiger charge is 2.54. The summed E-state index contributed by atoms with van der Waals surface area (Å²) in [5.41, 5.74) is 1.84. The molecular formula is C29H32N4O5S2. The van der Waals surface area contributed by atoms with Crippen LogP contribution >= 0.6 is 11.3 Å². The number of rotatable bonds is 9. The minimum absolute atomic E-state index is 0.100. The third-order valence-corrected chi connectivity index (χ3v) is 10.0. The predicted octanol–water partition coefficient (Wildman–Crippen LogP) is 3.34. The van der Waals surface area contributed by atoms with Crippen LogP contribution in [-0.4, -0.2) is 71.4 Å². The van der Waals surface area contributed by atoms with E-state index in [0.29, 0.717) is 24.1 Å². The first kappa shape index (κ1) is 28.1. The number of carbonyl (C=O) groups excluding carboxylic acids is 3. The molecule has 2 amide bonds. The average Bonchev–Trinajstić information content (AvgIpc) is 3.67. The van der Waals surface area contributed by atoms with Crippen molar-refractivity contribution >= 4 is 39.0 Å². The summed E-state index contributed by atoms with van der Waals surface area (Å²) in [5.74, 6) is -1.25. The lowest BCUT2D eigenvalue weighted by molar-refractivity contribution is -0.138. The molecule has 2 aliphatic rings. The molecule has 5 rings (SSSR count). The molecule has 11 heteroatoms. The second-order valence-electron chi connectivity index (χ2n) is 10.6. The Bertz CT molecular complexity index is 1470. The summed E-state index contributed by atoms with van der Waals surface area (Å²) < 4.78 is 27.7. The number of benzene rings is 1. The van der Waals surface area contributed by atoms with Crippen molar-refractivity contribution in [3.05, 3.63) is 77.4 Å². The van der Waals surface area contributed by atoms with E-state index in [-0.39, 0.29) is 42.4 Å². The molecule has 9 nitrogen and oxygen atoms in total. The van der Waals surface area contributed by atoms with Gasteiger partial charge in [-0.05, 0) is 60.0 Å². The van der Waals surface area contributed by atoms with Crippen molar-refractivity contribution in [1.29, 1.82) is 0 Å². The lowest BCUT2D eigenvalue weighted by Gasteiger charge is -2.29. The van der Waals surface area contributed by atoms with Gasteiger partial charge in [-0.25, -0.2) is 8.42 Å². The van der Waals surface area contributed by atoms with Gasteiger partial charge in [-0.15, -0.1) is 11.3 Å². The topological polar surface area (TPSA) is 117 Å². The summed E-state index contributed by atoms with van der Waals surface area (Å²) in [5, 5.41) is 4.88. The minimum Gasteiger partial charge on any atom is -0.340 e. The van der Waals surface area contributed by atoms with Gasteiger partial charge in [0.2, 0.25) is 15.9 Å². The second kappa shape index (κ2) is 11.6. The fourth-order valence-corrected chi connectivity index (χ4v) is 7.90. The first-order valence-electron chi connectivity index (χ1n) is 13.3. The number of pyridine rings is 1. The highest BCUT2D eigenvalue weighted by atomic mass is 32.2. The Morgan fingerprint density at radius 3 is 2.52 bits per heavy atom. The molecular weight excluding hydrogens is 548 g/mol. The quantitative estimate of drug-likeness (QED) is 0.415. The van der Waals surface area contributed by atoms with Crippen LogP contribution in [-0.2, 0) is 25.4 Å². The van der Waals surface area contributed by atoms with E-state index in [1.54, 1.807) is 41.7 Å². The number of thiophene rings is 1. The molecule has 210 valence electrons. The van der Waals surface area contributed by atoms with E-state index in [9.17, 15) is 22.8 Å². The molecule has 40 heavy (non-hydrogen) atoms. The molecule has 3 aromatic rings. The van der Waals surface area contributed by atoms with Gasteiger partial charge in [0.1, 0.15) is 17.8 Å². The van der Waals surface area contributed by atoms with Crippen molar-refractivity contribution in [3.63, 3.8) is 0 Å². The fourth-order valence-electron chi connectivity index (χ4n) is 5.50. The minimum atomic E-state index is -3.82. The summed E-state index contributed by atoms with van der Waals surface area (Å²) in [4.78, 5) is 46.7. The van der Waals surface area contributed by atoms with Crippen LogP contribution in [0.2, 0.25) is 0 Å². The number of fused-ring (bicyclic) bond motifs is 1. The van der Waals surface area contributed by atoms with Gasteiger partial charge in [-0.1, -0.05) is 38.1 Å². The summed E-state index contributed by atoms with van der Waals surface area (Å²) >= 11 is 1.61. The summed E-state index contributed by atoms with van der Waals surface area (Å²) in [6.07, 6.45) is 2.28. The average molecular weight is 581 g/mol. The Balaban J connectivity index is 1.30. The number of hydrogen-bond acceptors (Lipinski definition) is 7. The zero-order valence-electron chi connectivity index (χ0n) is 22.4. The third-order valence-electron chi connectivity index (χ3n) is 7.34. The van der Waals surface area contributed by atoms with Gasteiger partial charge in [0.05, 0.1) is 18.3 Å². The molecule has 0 spiro atoms. The largest absolute Gasteiger partial charge is 0.340 e. The van der Waals surface area contributed by atoms with Crippen LogP contribution in [0.3, 0.4) is 0 Å². The van der Waals surface area contributed by atoms with E-state index in [1.165, 1.54) is 15.4 Å². The van der Waals surface area contributed by atoms with Crippen LogP contribution in [0.1, 0.15) is 42.7 Å². The van der Waals surface area contributed by atoms with Crippen molar-refractivity contribution in [3.8, 4) is 10.4 Å². The first-order chi connectivity index (χ1) is 19.1. The molecule has 4 heterocycles. The summed E-state index contributed by atoms with van der Waals surface area (Å²) in [6.45, 7) is 3.89. The molecule has 2 aliphatic heterocycles. The van der Waals surface area contributed by atoms with E-state index >= 15 is 0 Å². The van der Waals surface area contributed by atoms with E-state index in [2.05, 4.69) is 10.3 Å². The van der Waals surface area contributed by atoms with Gasteiger partial charge in [-0.2, -0.15) is 4.31 Å². The molecule has 0 aliphatic carbocycles. The zero-order valence-corrected chi connectivity index (χ0v) is 24.0. The molecule has 1 aromatic carbocycles. The molecule has 2 saturated heterocycles. The van der Waals surface area contributed by atoms with Crippen LogP contribution in [0.25, 0.3) is 10.4 Å². The Morgan fingerprint density at radius 2 is 1.88 bits per heavy atom. The number of aromatic nitrogens is 1. The zero-order chi connectivity index (χ0) is 28.4. The first-order valence-corrected chi connectivity index (χ1v) is 15.8. The standard InChI is InChI=1S/C29H32N4O5S2/c1-19(2)16-23(31-28(35)21-10-8-20(9-11-21)26-7-5-15-39-26)29(36)32-14-12-24-27(32)25(34)17-33(24)40(37,38)18-22-6-3-4-13-30-22/h3-11,13,15,19,23-24,27H,12,14,16-18H2,1-2H3,(H,31,35). The lowest BCUT2D eigenvalue weighted by Crippen LogP contribution is -2.53. The Morgan fingerprint density at radius 1 is 1.10 bits per heavy atom. The number of hydrogen-bond donors (Lipinski definition) is 1. The van der Waals surface area contributed by atoms with E-state index in [1.807, 2.05) is 43.5 Å². The van der Waals surface area contributed by atoms with Crippen molar-refractivity contribution in [2.45, 2.75) is 50.6 Å². The van der Waals surface area contributed by atoms with Gasteiger partial charge in [0, 0.05) is 23.2 Å². The molecule has 0 radical (unpaired) electrons. The molecule has 3 atom stereocenters. The monoisotopic (exact) mass is 580 g/mol. The molecule has 1 N–H and O–H groups in total. The molecule has 3 unspecified atom stereocenters. The summed E-state index contributed by atoms with van der Waals surface area (Å²) in [7, 11) is -3.82.